The van der Waals surface area contributed by atoms with Gasteiger partial charge in [0.1, 0.15) is 5.60 Å². The standard InChI is InChI=1S/C26H46N3O5PS/c1-6-32-35(31,33-7-2)21-11-15-28-17-19-29(20-18-28)16-14-23(27-25(30)34-26(3,4)5)22-36-24-12-9-8-10-13-24/h8-10,12-13,23H,6-7,11,14-22H2,1-5H3,(H,27,30). The fourth-order valence-electron chi connectivity index (χ4n) is 4.01. The van der Waals surface area contributed by atoms with Gasteiger partial charge in [-0.3, -0.25) is 4.57 Å². The van der Waals surface area contributed by atoms with Crippen molar-refractivity contribution >= 4 is 25.5 Å². The molecule has 1 amide bonds. The zero-order chi connectivity index (χ0) is 26.4. The number of alkyl carbamates (subject to hydrolysis) is 1. The summed E-state index contributed by atoms with van der Waals surface area (Å²) in [7, 11) is -2.96. The second-order valence-corrected chi connectivity index (χ2v) is 13.2. The topological polar surface area (TPSA) is 80.3 Å². The molecule has 0 bridgehead atoms. The fourth-order valence-corrected chi connectivity index (χ4v) is 6.65. The average Bonchev–Trinajstić information content (AvgIpc) is 2.81. The van der Waals surface area contributed by atoms with Crippen molar-refractivity contribution in [3.05, 3.63) is 30.3 Å². The Balaban J connectivity index is 1.77. The number of hydrogen-bond acceptors (Lipinski definition) is 8. The van der Waals surface area contributed by atoms with Gasteiger partial charge in [-0.2, -0.15) is 0 Å². The van der Waals surface area contributed by atoms with E-state index in [-0.39, 0.29) is 12.1 Å². The van der Waals surface area contributed by atoms with Crippen LogP contribution in [0.4, 0.5) is 4.79 Å². The number of ether oxygens (including phenoxy) is 1. The number of nitrogens with one attached hydrogen (secondary N) is 1. The largest absolute Gasteiger partial charge is 0.444 e. The summed E-state index contributed by atoms with van der Waals surface area (Å²) in [6.45, 7) is 15.9. The maximum Gasteiger partial charge on any atom is 0.407 e. The van der Waals surface area contributed by atoms with Crippen molar-refractivity contribution in [1.82, 2.24) is 15.1 Å². The summed E-state index contributed by atoms with van der Waals surface area (Å²) in [5, 5.41) is 3.09. The van der Waals surface area contributed by atoms with Crippen LogP contribution in [0.25, 0.3) is 0 Å². The molecule has 1 aromatic rings. The lowest BCUT2D eigenvalue weighted by atomic mass is 10.2. The second-order valence-electron chi connectivity index (χ2n) is 9.96. The molecule has 0 aromatic heterocycles. The molecule has 2 rings (SSSR count). The molecule has 1 heterocycles. The first-order valence-electron chi connectivity index (χ1n) is 13.1. The molecule has 1 aliphatic rings. The SMILES string of the molecule is CCOP(=O)(CCCN1CCN(CCC(CSc2ccccc2)NC(=O)OC(C)(C)C)CC1)OCC. The van der Waals surface area contributed by atoms with Crippen molar-refractivity contribution < 1.29 is 23.1 Å². The third-order valence-corrected chi connectivity index (χ3v) is 9.07. The number of hydrogen-bond donors (Lipinski definition) is 1. The van der Waals surface area contributed by atoms with Crippen LogP contribution >= 0.6 is 19.4 Å². The number of benzene rings is 1. The summed E-state index contributed by atoms with van der Waals surface area (Å²) in [5.74, 6) is 0.795. The molecule has 0 spiro atoms. The quantitative estimate of drug-likeness (QED) is 0.235. The lowest BCUT2D eigenvalue weighted by molar-refractivity contribution is 0.0502. The van der Waals surface area contributed by atoms with Crippen molar-refractivity contribution in [1.29, 1.82) is 0 Å². The average molecular weight is 544 g/mol. The van der Waals surface area contributed by atoms with E-state index < -0.39 is 13.2 Å². The lowest BCUT2D eigenvalue weighted by Gasteiger charge is -2.35. The Hall–Kier alpha value is -1.09. The Kier molecular flexibility index (Phi) is 13.8. The number of thioether (sulfide) groups is 1. The van der Waals surface area contributed by atoms with E-state index in [1.807, 2.05) is 52.8 Å². The first kappa shape index (κ1) is 31.1. The highest BCUT2D eigenvalue weighted by Crippen LogP contribution is 2.48. The third kappa shape index (κ3) is 12.9. The van der Waals surface area contributed by atoms with Crippen LogP contribution in [0.1, 0.15) is 47.5 Å². The predicted molar refractivity (Wildman–Crippen MR) is 148 cm³/mol. The van der Waals surface area contributed by atoms with Gasteiger partial charge in [0, 0.05) is 49.4 Å². The molecule has 1 aliphatic heterocycles. The van der Waals surface area contributed by atoms with E-state index in [1.165, 1.54) is 4.90 Å². The van der Waals surface area contributed by atoms with Gasteiger partial charge in [0.25, 0.3) is 0 Å². The zero-order valence-electron chi connectivity index (χ0n) is 22.7. The van der Waals surface area contributed by atoms with E-state index in [2.05, 4.69) is 27.2 Å². The van der Waals surface area contributed by atoms with E-state index in [4.69, 9.17) is 13.8 Å². The Morgan fingerprint density at radius 1 is 1.03 bits per heavy atom. The fraction of sp³-hybridized carbons (Fsp3) is 0.731. The Morgan fingerprint density at radius 2 is 1.61 bits per heavy atom. The van der Waals surface area contributed by atoms with E-state index in [1.54, 1.807) is 11.8 Å². The maximum atomic E-state index is 12.6. The molecule has 206 valence electrons. The number of nitrogens with zero attached hydrogens (tertiary/aromatic N) is 2. The molecule has 1 N–H and O–H groups in total. The summed E-state index contributed by atoms with van der Waals surface area (Å²) in [6.07, 6.45) is 1.77. The van der Waals surface area contributed by atoms with Crippen LogP contribution in [0.2, 0.25) is 0 Å². The van der Waals surface area contributed by atoms with Gasteiger partial charge in [-0.15, -0.1) is 11.8 Å². The van der Waals surface area contributed by atoms with Gasteiger partial charge in [-0.05, 0) is 66.1 Å². The first-order valence-corrected chi connectivity index (χ1v) is 15.8. The monoisotopic (exact) mass is 543 g/mol. The molecule has 0 radical (unpaired) electrons. The van der Waals surface area contributed by atoms with Gasteiger partial charge in [-0.1, -0.05) is 18.2 Å². The van der Waals surface area contributed by atoms with E-state index in [0.717, 1.165) is 57.9 Å². The summed E-state index contributed by atoms with van der Waals surface area (Å²) in [5.41, 5.74) is -0.517. The first-order chi connectivity index (χ1) is 17.1. The molecule has 1 fully saturated rings. The van der Waals surface area contributed by atoms with Crippen molar-refractivity contribution in [3.8, 4) is 0 Å². The molecule has 1 aromatic carbocycles. The molecular formula is C26H46N3O5PS. The Labute approximate surface area is 222 Å². The summed E-state index contributed by atoms with van der Waals surface area (Å²) in [6, 6.07) is 10.3. The van der Waals surface area contributed by atoms with Gasteiger partial charge < -0.3 is 28.9 Å². The third-order valence-electron chi connectivity index (χ3n) is 5.73. The van der Waals surface area contributed by atoms with Crippen LogP contribution in [-0.4, -0.2) is 91.9 Å². The van der Waals surface area contributed by atoms with Crippen LogP contribution in [0, 0.1) is 0 Å². The molecule has 8 nitrogen and oxygen atoms in total. The normalized spacial score (nSPS) is 16.6. The summed E-state index contributed by atoms with van der Waals surface area (Å²) < 4.78 is 28.9. The predicted octanol–water partition coefficient (Wildman–Crippen LogP) is 5.34. The number of rotatable bonds is 15. The number of carbonyl (C=O) groups is 1. The second kappa shape index (κ2) is 16.0. The van der Waals surface area contributed by atoms with E-state index in [9.17, 15) is 9.36 Å². The van der Waals surface area contributed by atoms with Gasteiger partial charge in [-0.25, -0.2) is 4.79 Å². The van der Waals surface area contributed by atoms with Crippen LogP contribution in [0.3, 0.4) is 0 Å². The molecule has 1 unspecified atom stereocenters. The smallest absolute Gasteiger partial charge is 0.407 e. The van der Waals surface area contributed by atoms with Crippen LogP contribution in [-0.2, 0) is 18.3 Å². The summed E-state index contributed by atoms with van der Waals surface area (Å²) in [4.78, 5) is 18.5. The van der Waals surface area contributed by atoms with Crippen molar-refractivity contribution in [2.75, 3.05) is 64.4 Å². The van der Waals surface area contributed by atoms with Crippen molar-refractivity contribution in [3.63, 3.8) is 0 Å². The van der Waals surface area contributed by atoms with Crippen LogP contribution in [0.5, 0.6) is 0 Å². The zero-order valence-corrected chi connectivity index (χ0v) is 24.5. The van der Waals surface area contributed by atoms with Crippen LogP contribution in [0.15, 0.2) is 35.2 Å². The highest BCUT2D eigenvalue weighted by Gasteiger charge is 2.25. The Morgan fingerprint density at radius 3 is 2.17 bits per heavy atom. The van der Waals surface area contributed by atoms with Gasteiger partial charge in [0.2, 0.25) is 0 Å². The number of amides is 1. The lowest BCUT2D eigenvalue weighted by Crippen LogP contribution is -2.48. The van der Waals surface area contributed by atoms with Crippen LogP contribution < -0.4 is 5.32 Å². The van der Waals surface area contributed by atoms with Gasteiger partial charge in [0.15, 0.2) is 0 Å². The minimum Gasteiger partial charge on any atom is -0.444 e. The molecule has 0 aliphatic carbocycles. The molecule has 1 saturated heterocycles. The highest BCUT2D eigenvalue weighted by molar-refractivity contribution is 7.99. The minimum absolute atomic E-state index is 0.0226. The van der Waals surface area contributed by atoms with Crippen molar-refractivity contribution in [2.45, 2.75) is 64.0 Å². The van der Waals surface area contributed by atoms with E-state index in [0.29, 0.717) is 19.4 Å². The molecule has 10 heteroatoms. The highest BCUT2D eigenvalue weighted by atomic mass is 32.2. The molecule has 1 atom stereocenters. The summed E-state index contributed by atoms with van der Waals surface area (Å²) >= 11 is 1.75. The maximum absolute atomic E-state index is 12.6. The van der Waals surface area contributed by atoms with E-state index >= 15 is 0 Å². The number of carbonyl (C=O) groups excluding carboxylic acids is 1. The number of piperazine rings is 1. The molecule has 36 heavy (non-hydrogen) atoms. The van der Waals surface area contributed by atoms with Gasteiger partial charge in [0.05, 0.1) is 19.4 Å². The minimum atomic E-state index is -2.96. The van der Waals surface area contributed by atoms with Crippen molar-refractivity contribution in [2.24, 2.45) is 0 Å². The molecule has 0 saturated carbocycles. The Bertz CT molecular complexity index is 791. The molecular weight excluding hydrogens is 497 g/mol. The van der Waals surface area contributed by atoms with Gasteiger partial charge >= 0.3 is 13.7 Å².